The fourth-order valence-corrected chi connectivity index (χ4v) is 5.37. The molecule has 0 radical (unpaired) electrons. The Bertz CT molecular complexity index is 1270. The molecule has 0 aliphatic rings. The number of sulfonamides is 1. The van der Waals surface area contributed by atoms with E-state index in [0.717, 1.165) is 11.6 Å². The van der Waals surface area contributed by atoms with Crippen LogP contribution in [0.5, 0.6) is 0 Å². The molecule has 5 nitrogen and oxygen atoms in total. The Balaban J connectivity index is 1.96. The highest BCUT2D eigenvalue weighted by atomic mass is 32.2. The summed E-state index contributed by atoms with van der Waals surface area (Å²) in [7, 11) is -4.16. The summed E-state index contributed by atoms with van der Waals surface area (Å²) in [5.41, 5.74) is 1.94. The fraction of sp³-hybridized carbons (Fsp3) is 0.208. The first-order chi connectivity index (χ1) is 15.5. The van der Waals surface area contributed by atoms with Crippen molar-refractivity contribution in [3.05, 3.63) is 94.3 Å². The molecule has 9 heteroatoms. The highest BCUT2D eigenvalue weighted by Gasteiger charge is 2.29. The van der Waals surface area contributed by atoms with Crippen LogP contribution in [0.15, 0.2) is 59.5 Å². The first-order valence-corrected chi connectivity index (χ1v) is 11.6. The van der Waals surface area contributed by atoms with Gasteiger partial charge in [0.25, 0.3) is 0 Å². The van der Waals surface area contributed by atoms with E-state index in [1.165, 1.54) is 0 Å². The van der Waals surface area contributed by atoms with Crippen molar-refractivity contribution in [2.75, 3.05) is 5.32 Å². The van der Waals surface area contributed by atoms with Crippen molar-refractivity contribution in [2.24, 2.45) is 0 Å². The van der Waals surface area contributed by atoms with Crippen molar-refractivity contribution in [3.8, 4) is 0 Å². The normalized spacial score (nSPS) is 12.4. The highest BCUT2D eigenvalue weighted by Crippen LogP contribution is 2.23. The number of carbonyl (C=O) groups is 1. The van der Waals surface area contributed by atoms with Crippen LogP contribution in [-0.4, -0.2) is 20.4 Å². The number of halogens is 3. The van der Waals surface area contributed by atoms with E-state index in [4.69, 9.17) is 0 Å². The van der Waals surface area contributed by atoms with Gasteiger partial charge in [-0.15, -0.1) is 0 Å². The standard InChI is InChI=1S/C24H23F3N2O3S/c1-14-11-15(2)23(16(3)12-14)33(31,32)29-20(13-17-7-5-4-6-8-17)24(30)28-19-10-9-18(25)21(26)22(19)27/h4-12,20,29H,13H2,1-3H3,(H,28,30)/t20-/m0/s1. The van der Waals surface area contributed by atoms with Gasteiger partial charge in [0, 0.05) is 0 Å². The Hall–Kier alpha value is -3.17. The smallest absolute Gasteiger partial charge is 0.242 e. The summed E-state index contributed by atoms with van der Waals surface area (Å²) in [5.74, 6) is -5.64. The zero-order chi connectivity index (χ0) is 24.3. The summed E-state index contributed by atoms with van der Waals surface area (Å²) < 4.78 is 69.8. The second-order valence-electron chi connectivity index (χ2n) is 7.80. The van der Waals surface area contributed by atoms with Gasteiger partial charge in [0.1, 0.15) is 6.04 Å². The average Bonchev–Trinajstić information content (AvgIpc) is 2.73. The minimum absolute atomic E-state index is 0.0398. The lowest BCUT2D eigenvalue weighted by molar-refractivity contribution is -0.117. The van der Waals surface area contributed by atoms with E-state index in [9.17, 15) is 26.4 Å². The van der Waals surface area contributed by atoms with Crippen LogP contribution in [0, 0.1) is 38.2 Å². The summed E-state index contributed by atoms with van der Waals surface area (Å²) in [6.07, 6.45) is -0.0544. The molecular formula is C24H23F3N2O3S. The quantitative estimate of drug-likeness (QED) is 0.491. The van der Waals surface area contributed by atoms with Crippen molar-refractivity contribution in [1.29, 1.82) is 0 Å². The first-order valence-electron chi connectivity index (χ1n) is 10.1. The summed E-state index contributed by atoms with van der Waals surface area (Å²) in [6.45, 7) is 5.14. The number of rotatable bonds is 7. The van der Waals surface area contributed by atoms with E-state index < -0.39 is 45.1 Å². The first kappa shape index (κ1) is 24.5. The molecule has 0 heterocycles. The maximum absolute atomic E-state index is 14.1. The average molecular weight is 477 g/mol. The Morgan fingerprint density at radius 3 is 2.12 bits per heavy atom. The maximum atomic E-state index is 14.1. The fourth-order valence-electron chi connectivity index (χ4n) is 3.72. The second-order valence-corrected chi connectivity index (χ2v) is 9.45. The minimum atomic E-state index is -4.16. The maximum Gasteiger partial charge on any atom is 0.242 e. The molecule has 0 fully saturated rings. The van der Waals surface area contributed by atoms with E-state index >= 15 is 0 Å². The highest BCUT2D eigenvalue weighted by molar-refractivity contribution is 7.89. The third kappa shape index (κ3) is 5.61. The SMILES string of the molecule is Cc1cc(C)c(S(=O)(=O)N[C@@H](Cc2ccccc2)C(=O)Nc2ccc(F)c(F)c2F)c(C)c1. The van der Waals surface area contributed by atoms with Crippen LogP contribution in [-0.2, 0) is 21.2 Å². The van der Waals surface area contributed by atoms with E-state index in [1.807, 2.05) is 6.92 Å². The van der Waals surface area contributed by atoms with Crippen molar-refractivity contribution in [3.63, 3.8) is 0 Å². The lowest BCUT2D eigenvalue weighted by Gasteiger charge is -2.21. The lowest BCUT2D eigenvalue weighted by Crippen LogP contribution is -2.45. The van der Waals surface area contributed by atoms with Gasteiger partial charge >= 0.3 is 0 Å². The number of hydrogen-bond acceptors (Lipinski definition) is 3. The number of anilines is 1. The molecule has 174 valence electrons. The van der Waals surface area contributed by atoms with Crippen LogP contribution in [0.3, 0.4) is 0 Å². The topological polar surface area (TPSA) is 75.3 Å². The van der Waals surface area contributed by atoms with E-state index in [0.29, 0.717) is 22.8 Å². The third-order valence-corrected chi connectivity index (χ3v) is 6.84. The van der Waals surface area contributed by atoms with Crippen LogP contribution in [0.4, 0.5) is 18.9 Å². The van der Waals surface area contributed by atoms with Gasteiger partial charge in [-0.05, 0) is 56.0 Å². The van der Waals surface area contributed by atoms with Gasteiger partial charge in [0.05, 0.1) is 10.6 Å². The van der Waals surface area contributed by atoms with E-state index in [2.05, 4.69) is 10.0 Å². The second kappa shape index (κ2) is 9.76. The number of carbonyl (C=O) groups excluding carboxylic acids is 1. The Morgan fingerprint density at radius 1 is 0.909 bits per heavy atom. The van der Waals surface area contributed by atoms with Gasteiger partial charge in [-0.3, -0.25) is 4.79 Å². The number of aryl methyl sites for hydroxylation is 3. The molecule has 0 bridgehead atoms. The predicted octanol–water partition coefficient (Wildman–Crippen LogP) is 4.56. The van der Waals surface area contributed by atoms with Crippen LogP contribution in [0.1, 0.15) is 22.3 Å². The lowest BCUT2D eigenvalue weighted by atomic mass is 10.1. The molecular weight excluding hydrogens is 453 g/mol. The van der Waals surface area contributed by atoms with Crippen LogP contribution < -0.4 is 10.0 Å². The summed E-state index contributed by atoms with van der Waals surface area (Å²) in [4.78, 5) is 13.0. The molecule has 33 heavy (non-hydrogen) atoms. The molecule has 2 N–H and O–H groups in total. The van der Waals surface area contributed by atoms with Crippen LogP contribution in [0.2, 0.25) is 0 Å². The molecule has 3 aromatic carbocycles. The van der Waals surface area contributed by atoms with Gasteiger partial charge in [-0.2, -0.15) is 4.72 Å². The molecule has 0 aliphatic heterocycles. The summed E-state index contributed by atoms with van der Waals surface area (Å²) >= 11 is 0. The molecule has 0 aliphatic carbocycles. The monoisotopic (exact) mass is 476 g/mol. The Kier molecular flexibility index (Phi) is 7.24. The molecule has 0 unspecified atom stereocenters. The van der Waals surface area contributed by atoms with Crippen molar-refractivity contribution < 1.29 is 26.4 Å². The van der Waals surface area contributed by atoms with Crippen molar-refractivity contribution in [2.45, 2.75) is 38.1 Å². The molecule has 0 saturated heterocycles. The van der Waals surface area contributed by atoms with Crippen LogP contribution in [0.25, 0.3) is 0 Å². The Morgan fingerprint density at radius 2 is 1.52 bits per heavy atom. The van der Waals surface area contributed by atoms with Gasteiger partial charge in [-0.25, -0.2) is 21.6 Å². The zero-order valence-electron chi connectivity index (χ0n) is 18.2. The van der Waals surface area contributed by atoms with Gasteiger partial charge < -0.3 is 5.32 Å². The predicted molar refractivity (Wildman–Crippen MR) is 120 cm³/mol. The van der Waals surface area contributed by atoms with Gasteiger partial charge in [0.15, 0.2) is 17.5 Å². The number of benzene rings is 3. The molecule has 1 atom stereocenters. The van der Waals surface area contributed by atoms with E-state index in [1.54, 1.807) is 56.3 Å². The number of hydrogen-bond donors (Lipinski definition) is 2. The summed E-state index contributed by atoms with van der Waals surface area (Å²) in [6, 6.07) is 12.2. The van der Waals surface area contributed by atoms with Crippen molar-refractivity contribution in [1.82, 2.24) is 4.72 Å². The largest absolute Gasteiger partial charge is 0.322 e. The zero-order valence-corrected chi connectivity index (χ0v) is 19.1. The molecule has 0 aromatic heterocycles. The van der Waals surface area contributed by atoms with Gasteiger partial charge in [0.2, 0.25) is 15.9 Å². The number of nitrogens with one attached hydrogen (secondary N) is 2. The van der Waals surface area contributed by atoms with Crippen LogP contribution >= 0.6 is 0 Å². The number of amides is 1. The molecule has 0 saturated carbocycles. The third-order valence-electron chi connectivity index (χ3n) is 5.06. The molecule has 0 spiro atoms. The molecule has 3 aromatic rings. The molecule has 1 amide bonds. The molecule has 3 rings (SSSR count). The van der Waals surface area contributed by atoms with Gasteiger partial charge in [-0.1, -0.05) is 48.0 Å². The van der Waals surface area contributed by atoms with E-state index in [-0.39, 0.29) is 11.3 Å². The summed E-state index contributed by atoms with van der Waals surface area (Å²) in [5, 5.41) is 2.16. The van der Waals surface area contributed by atoms with Crippen molar-refractivity contribution >= 4 is 21.6 Å². The minimum Gasteiger partial charge on any atom is -0.322 e. The Labute approximate surface area is 190 Å².